The Labute approximate surface area is 154 Å². The number of halogens is 1. The van der Waals surface area contributed by atoms with Crippen molar-refractivity contribution in [3.63, 3.8) is 0 Å². The van der Waals surface area contributed by atoms with Gasteiger partial charge in [0.1, 0.15) is 5.75 Å². The molecule has 0 spiro atoms. The Bertz CT molecular complexity index is 833. The molecule has 0 aliphatic rings. The lowest BCUT2D eigenvalue weighted by Gasteiger charge is -2.20. The van der Waals surface area contributed by atoms with E-state index in [1.807, 2.05) is 17.5 Å². The van der Waals surface area contributed by atoms with Gasteiger partial charge in [-0.1, -0.05) is 22.8 Å². The van der Waals surface area contributed by atoms with E-state index >= 15 is 0 Å². The average Bonchev–Trinajstić information content (AvgIpc) is 3.27. The summed E-state index contributed by atoms with van der Waals surface area (Å²) in [5, 5.41) is 6.49. The molecule has 1 atom stereocenters. The second-order valence-electron chi connectivity index (χ2n) is 5.40. The van der Waals surface area contributed by atoms with E-state index in [0.29, 0.717) is 22.5 Å². The van der Waals surface area contributed by atoms with Crippen LogP contribution in [0.5, 0.6) is 5.75 Å². The molecule has 0 aliphatic heterocycles. The summed E-state index contributed by atoms with van der Waals surface area (Å²) in [6.07, 6.45) is -0.647. The number of carbonyl (C=O) groups excluding carboxylic acids is 1. The third-order valence-corrected chi connectivity index (χ3v) is 4.55. The summed E-state index contributed by atoms with van der Waals surface area (Å²) < 4.78 is 10.9. The molecule has 0 unspecified atom stereocenters. The highest BCUT2D eigenvalue weighted by Crippen LogP contribution is 2.22. The van der Waals surface area contributed by atoms with E-state index in [-0.39, 0.29) is 12.5 Å². The zero-order valence-corrected chi connectivity index (χ0v) is 15.3. The zero-order chi connectivity index (χ0) is 17.8. The van der Waals surface area contributed by atoms with Crippen molar-refractivity contribution < 1.29 is 14.1 Å². The van der Waals surface area contributed by atoms with E-state index in [1.54, 1.807) is 38.2 Å². The normalized spacial score (nSPS) is 12.0. The van der Waals surface area contributed by atoms with Crippen LogP contribution < -0.4 is 4.74 Å². The van der Waals surface area contributed by atoms with Crippen molar-refractivity contribution in [1.82, 2.24) is 15.0 Å². The van der Waals surface area contributed by atoms with E-state index in [2.05, 4.69) is 10.1 Å². The molecule has 0 fully saturated rings. The Morgan fingerprint density at radius 3 is 2.80 bits per heavy atom. The van der Waals surface area contributed by atoms with Gasteiger partial charge in [-0.05, 0) is 42.6 Å². The van der Waals surface area contributed by atoms with Crippen LogP contribution in [0.1, 0.15) is 12.8 Å². The molecule has 3 rings (SSSR count). The van der Waals surface area contributed by atoms with Gasteiger partial charge in [-0.15, -0.1) is 11.3 Å². The molecule has 2 heterocycles. The first-order valence-corrected chi connectivity index (χ1v) is 8.82. The number of thiophene rings is 1. The summed E-state index contributed by atoms with van der Waals surface area (Å²) in [6.45, 7) is 1.91. The lowest BCUT2D eigenvalue weighted by Crippen LogP contribution is -2.37. The molecule has 0 saturated heterocycles. The Morgan fingerprint density at radius 2 is 2.12 bits per heavy atom. The van der Waals surface area contributed by atoms with Crippen LogP contribution in [0.15, 0.2) is 46.3 Å². The SMILES string of the molecule is C[C@H](Oc1ccc(Cl)cc1)C(=O)N(C)Cc1nc(-c2cccs2)no1. The van der Waals surface area contributed by atoms with Crippen LogP contribution in [0.25, 0.3) is 10.7 Å². The highest BCUT2D eigenvalue weighted by Gasteiger charge is 2.21. The summed E-state index contributed by atoms with van der Waals surface area (Å²) in [7, 11) is 1.67. The second kappa shape index (κ2) is 7.67. The summed E-state index contributed by atoms with van der Waals surface area (Å²) in [5.74, 6) is 1.29. The quantitative estimate of drug-likeness (QED) is 0.652. The summed E-state index contributed by atoms with van der Waals surface area (Å²) >= 11 is 7.36. The molecule has 0 bridgehead atoms. The van der Waals surface area contributed by atoms with Crippen molar-refractivity contribution in [3.8, 4) is 16.5 Å². The van der Waals surface area contributed by atoms with Gasteiger partial charge in [-0.3, -0.25) is 4.79 Å². The van der Waals surface area contributed by atoms with Crippen LogP contribution in [0.2, 0.25) is 5.02 Å². The van der Waals surface area contributed by atoms with E-state index in [9.17, 15) is 4.79 Å². The third kappa shape index (κ3) is 4.37. The molecule has 8 heteroatoms. The lowest BCUT2D eigenvalue weighted by atomic mass is 10.3. The number of ether oxygens (including phenoxy) is 1. The number of aromatic nitrogens is 2. The fourth-order valence-corrected chi connectivity index (χ4v) is 2.96. The van der Waals surface area contributed by atoms with E-state index in [4.69, 9.17) is 20.9 Å². The molecule has 0 radical (unpaired) electrons. The van der Waals surface area contributed by atoms with Crippen molar-refractivity contribution in [2.24, 2.45) is 0 Å². The van der Waals surface area contributed by atoms with Gasteiger partial charge in [0.05, 0.1) is 11.4 Å². The van der Waals surface area contributed by atoms with Gasteiger partial charge in [-0.25, -0.2) is 0 Å². The van der Waals surface area contributed by atoms with Crippen LogP contribution in [0.4, 0.5) is 0 Å². The number of benzene rings is 1. The molecule has 0 saturated carbocycles. The van der Waals surface area contributed by atoms with Crippen LogP contribution in [0, 0.1) is 0 Å². The second-order valence-corrected chi connectivity index (χ2v) is 6.78. The molecule has 0 aliphatic carbocycles. The number of likely N-dealkylation sites (N-methyl/N-ethyl adjacent to an activating group) is 1. The minimum absolute atomic E-state index is 0.189. The smallest absolute Gasteiger partial charge is 0.263 e. The molecular formula is C17H16ClN3O3S. The predicted molar refractivity (Wildman–Crippen MR) is 95.6 cm³/mol. The maximum Gasteiger partial charge on any atom is 0.263 e. The van der Waals surface area contributed by atoms with Gasteiger partial charge < -0.3 is 14.2 Å². The Kier molecular flexibility index (Phi) is 5.35. The first kappa shape index (κ1) is 17.4. The highest BCUT2D eigenvalue weighted by molar-refractivity contribution is 7.13. The standard InChI is InChI=1S/C17H16ClN3O3S/c1-11(23-13-7-5-12(18)6-8-13)17(22)21(2)10-15-19-16(20-24-15)14-4-3-9-25-14/h3-9,11H,10H2,1-2H3/t11-/m0/s1. The number of rotatable bonds is 6. The maximum atomic E-state index is 12.4. The fraction of sp³-hybridized carbons (Fsp3) is 0.235. The van der Waals surface area contributed by atoms with Crippen molar-refractivity contribution >= 4 is 28.8 Å². The number of nitrogens with zero attached hydrogens (tertiary/aromatic N) is 3. The molecule has 2 aromatic heterocycles. The molecule has 130 valence electrons. The first-order chi connectivity index (χ1) is 12.0. The van der Waals surface area contributed by atoms with Crippen LogP contribution in [0.3, 0.4) is 0 Å². The maximum absolute atomic E-state index is 12.4. The Balaban J connectivity index is 1.59. The Morgan fingerprint density at radius 1 is 1.36 bits per heavy atom. The van der Waals surface area contributed by atoms with Gasteiger partial charge >= 0.3 is 0 Å². The molecule has 3 aromatic rings. The number of hydrogen-bond acceptors (Lipinski definition) is 6. The summed E-state index contributed by atoms with van der Waals surface area (Å²) in [6, 6.07) is 10.7. The molecule has 1 amide bonds. The van der Waals surface area contributed by atoms with Gasteiger partial charge in [0.2, 0.25) is 11.7 Å². The van der Waals surface area contributed by atoms with Crippen molar-refractivity contribution in [2.75, 3.05) is 7.05 Å². The van der Waals surface area contributed by atoms with Crippen LogP contribution >= 0.6 is 22.9 Å². The first-order valence-electron chi connectivity index (χ1n) is 7.56. The lowest BCUT2D eigenvalue weighted by molar-refractivity contribution is -0.137. The largest absolute Gasteiger partial charge is 0.481 e. The average molecular weight is 378 g/mol. The topological polar surface area (TPSA) is 68.5 Å². The van der Waals surface area contributed by atoms with Crippen LogP contribution in [-0.4, -0.2) is 34.1 Å². The predicted octanol–water partition coefficient (Wildman–Crippen LogP) is 3.88. The van der Waals surface area contributed by atoms with E-state index in [1.165, 1.54) is 16.2 Å². The monoisotopic (exact) mass is 377 g/mol. The minimum Gasteiger partial charge on any atom is -0.481 e. The number of amides is 1. The van der Waals surface area contributed by atoms with Crippen LogP contribution in [-0.2, 0) is 11.3 Å². The number of carbonyl (C=O) groups is 1. The molecule has 0 N–H and O–H groups in total. The molecule has 1 aromatic carbocycles. The highest BCUT2D eigenvalue weighted by atomic mass is 35.5. The van der Waals surface area contributed by atoms with E-state index in [0.717, 1.165) is 4.88 Å². The summed E-state index contributed by atoms with van der Waals surface area (Å²) in [4.78, 5) is 19.2. The van der Waals surface area contributed by atoms with Crippen molar-refractivity contribution in [1.29, 1.82) is 0 Å². The van der Waals surface area contributed by atoms with Gasteiger partial charge in [0.15, 0.2) is 6.10 Å². The van der Waals surface area contributed by atoms with Gasteiger partial charge in [0, 0.05) is 12.1 Å². The van der Waals surface area contributed by atoms with Crippen molar-refractivity contribution in [3.05, 3.63) is 52.7 Å². The number of hydrogen-bond donors (Lipinski definition) is 0. The summed E-state index contributed by atoms with van der Waals surface area (Å²) in [5.41, 5.74) is 0. The minimum atomic E-state index is -0.647. The third-order valence-electron chi connectivity index (χ3n) is 3.43. The van der Waals surface area contributed by atoms with Crippen molar-refractivity contribution in [2.45, 2.75) is 19.6 Å². The van der Waals surface area contributed by atoms with Gasteiger partial charge in [0.25, 0.3) is 5.91 Å². The molecule has 6 nitrogen and oxygen atoms in total. The zero-order valence-electron chi connectivity index (χ0n) is 13.7. The van der Waals surface area contributed by atoms with Gasteiger partial charge in [-0.2, -0.15) is 4.98 Å². The Hall–Kier alpha value is -2.38. The fourth-order valence-electron chi connectivity index (χ4n) is 2.18. The van der Waals surface area contributed by atoms with E-state index < -0.39 is 6.10 Å². The molecular weight excluding hydrogens is 362 g/mol. The molecule has 25 heavy (non-hydrogen) atoms.